The number of aromatic nitrogens is 1. The lowest BCUT2D eigenvalue weighted by Crippen LogP contribution is -2.39. The number of nitrogens with zero attached hydrogens (tertiary/aromatic N) is 3. The zero-order valence-corrected chi connectivity index (χ0v) is 18.7. The van der Waals surface area contributed by atoms with Crippen molar-refractivity contribution >= 4 is 41.3 Å². The number of halogens is 2. The highest BCUT2D eigenvalue weighted by Crippen LogP contribution is 2.18. The highest BCUT2D eigenvalue weighted by molar-refractivity contribution is 14.0. The first-order chi connectivity index (χ1) is 12.1. The smallest absolute Gasteiger partial charge is 0.193 e. The number of aliphatic imine (C=N–C) groups is 1. The monoisotopic (exact) mass is 492 g/mol. The summed E-state index contributed by atoms with van der Waals surface area (Å²) in [5.41, 5.74) is 0.858. The van der Waals surface area contributed by atoms with E-state index in [1.54, 1.807) is 24.5 Å². The first kappa shape index (κ1) is 22.6. The number of guanidine groups is 1. The van der Waals surface area contributed by atoms with E-state index in [1.807, 2.05) is 24.2 Å². The summed E-state index contributed by atoms with van der Waals surface area (Å²) < 4.78 is 18.8. The summed E-state index contributed by atoms with van der Waals surface area (Å²) in [5, 5.41) is 4.45. The third-order valence-corrected chi connectivity index (χ3v) is 4.98. The number of thiazole rings is 1. The van der Waals surface area contributed by atoms with Gasteiger partial charge in [-0.2, -0.15) is 0 Å². The molecule has 0 amide bonds. The molecule has 5 nitrogen and oxygen atoms in total. The number of aryl methyl sites for hydroxylation is 1. The molecule has 0 aliphatic rings. The van der Waals surface area contributed by atoms with Crippen LogP contribution in [0.25, 0.3) is 0 Å². The Morgan fingerprint density at radius 2 is 2.19 bits per heavy atom. The van der Waals surface area contributed by atoms with Gasteiger partial charge in [-0.05, 0) is 24.1 Å². The molecule has 1 N–H and O–H groups in total. The van der Waals surface area contributed by atoms with E-state index in [4.69, 9.17) is 4.74 Å². The molecule has 1 heterocycles. The van der Waals surface area contributed by atoms with E-state index in [0.29, 0.717) is 6.54 Å². The number of benzene rings is 1. The van der Waals surface area contributed by atoms with Gasteiger partial charge in [0.05, 0.1) is 12.1 Å². The summed E-state index contributed by atoms with van der Waals surface area (Å²) in [5.74, 6) is 0.666. The first-order valence-corrected chi connectivity index (χ1v) is 9.06. The van der Waals surface area contributed by atoms with Gasteiger partial charge in [0.25, 0.3) is 0 Å². The minimum atomic E-state index is -0.355. The molecular formula is C18H26FIN4OS. The zero-order valence-electron chi connectivity index (χ0n) is 15.6. The van der Waals surface area contributed by atoms with E-state index in [0.717, 1.165) is 35.9 Å². The van der Waals surface area contributed by atoms with Gasteiger partial charge < -0.3 is 15.0 Å². The molecule has 2 rings (SSSR count). The first-order valence-electron chi connectivity index (χ1n) is 8.25. The molecule has 144 valence electrons. The van der Waals surface area contributed by atoms with Crippen molar-refractivity contribution in [2.45, 2.75) is 26.3 Å². The van der Waals surface area contributed by atoms with Crippen LogP contribution in [0.15, 0.2) is 29.4 Å². The fourth-order valence-electron chi connectivity index (χ4n) is 2.45. The number of hydrogen-bond donors (Lipinski definition) is 1. The molecule has 2 aromatic rings. The van der Waals surface area contributed by atoms with Crippen molar-refractivity contribution in [3.8, 4) is 5.75 Å². The fourth-order valence-corrected chi connectivity index (χ4v) is 3.31. The third-order valence-electron chi connectivity index (χ3n) is 3.78. The summed E-state index contributed by atoms with van der Waals surface area (Å²) in [6.45, 7) is 3.44. The topological polar surface area (TPSA) is 49.8 Å². The Labute approximate surface area is 175 Å². The maximum Gasteiger partial charge on any atom is 0.193 e. The van der Waals surface area contributed by atoms with Gasteiger partial charge in [-0.3, -0.25) is 4.99 Å². The Hall–Kier alpha value is -1.42. The molecule has 0 saturated carbocycles. The lowest BCUT2D eigenvalue weighted by Gasteiger charge is -2.22. The van der Waals surface area contributed by atoms with Crippen molar-refractivity contribution in [1.29, 1.82) is 0 Å². The number of rotatable bonds is 7. The minimum absolute atomic E-state index is 0. The van der Waals surface area contributed by atoms with Crippen LogP contribution in [0.2, 0.25) is 0 Å². The Kier molecular flexibility index (Phi) is 9.85. The van der Waals surface area contributed by atoms with Crippen molar-refractivity contribution in [2.24, 2.45) is 4.99 Å². The van der Waals surface area contributed by atoms with Crippen molar-refractivity contribution in [3.63, 3.8) is 0 Å². The van der Waals surface area contributed by atoms with Crippen LogP contribution in [0, 0.1) is 5.82 Å². The molecule has 8 heteroatoms. The van der Waals surface area contributed by atoms with Gasteiger partial charge in [0.1, 0.15) is 0 Å². The van der Waals surface area contributed by atoms with Gasteiger partial charge in [-0.25, -0.2) is 9.37 Å². The summed E-state index contributed by atoms with van der Waals surface area (Å²) in [6, 6.07) is 4.99. The van der Waals surface area contributed by atoms with Crippen LogP contribution >= 0.6 is 35.3 Å². The van der Waals surface area contributed by atoms with E-state index < -0.39 is 0 Å². The molecule has 0 unspecified atom stereocenters. The van der Waals surface area contributed by atoms with E-state index in [-0.39, 0.29) is 35.5 Å². The van der Waals surface area contributed by atoms with Gasteiger partial charge in [0.2, 0.25) is 0 Å². The maximum absolute atomic E-state index is 13.8. The highest BCUT2D eigenvalue weighted by Gasteiger charge is 2.09. The second-order valence-corrected chi connectivity index (χ2v) is 6.82. The molecule has 0 atom stereocenters. The van der Waals surface area contributed by atoms with Gasteiger partial charge in [-0.1, -0.05) is 13.0 Å². The standard InChI is InChI=1S/C18H25FN4OS.HI/c1-5-14-11-22-17(25-14)8-9-21-18(20-2)23(3)12-13-6-7-16(24-4)15(19)10-13;/h6-7,10-11H,5,8-9,12H2,1-4H3,(H,20,21);1H. The molecular weight excluding hydrogens is 466 g/mol. The van der Waals surface area contributed by atoms with Crippen molar-refractivity contribution in [3.05, 3.63) is 45.7 Å². The number of nitrogens with one attached hydrogen (secondary N) is 1. The quantitative estimate of drug-likeness (QED) is 0.364. The zero-order chi connectivity index (χ0) is 18.2. The lowest BCUT2D eigenvalue weighted by atomic mass is 10.2. The summed E-state index contributed by atoms with van der Waals surface area (Å²) in [6.07, 6.45) is 3.82. The summed E-state index contributed by atoms with van der Waals surface area (Å²) in [7, 11) is 5.13. The van der Waals surface area contributed by atoms with E-state index in [2.05, 4.69) is 22.2 Å². The lowest BCUT2D eigenvalue weighted by molar-refractivity contribution is 0.385. The van der Waals surface area contributed by atoms with E-state index in [9.17, 15) is 4.39 Å². The van der Waals surface area contributed by atoms with Crippen molar-refractivity contribution < 1.29 is 9.13 Å². The van der Waals surface area contributed by atoms with Crippen molar-refractivity contribution in [2.75, 3.05) is 27.7 Å². The van der Waals surface area contributed by atoms with Crippen LogP contribution in [-0.4, -0.2) is 43.6 Å². The van der Waals surface area contributed by atoms with Crippen LogP contribution in [-0.2, 0) is 19.4 Å². The largest absolute Gasteiger partial charge is 0.494 e. The molecule has 0 radical (unpaired) electrons. The van der Waals surface area contributed by atoms with Crippen LogP contribution < -0.4 is 10.1 Å². The van der Waals surface area contributed by atoms with Crippen LogP contribution in [0.3, 0.4) is 0 Å². The molecule has 0 aliphatic heterocycles. The van der Waals surface area contributed by atoms with Gasteiger partial charge in [-0.15, -0.1) is 35.3 Å². The SMILES string of the molecule is CCc1cnc(CCNC(=NC)N(C)Cc2ccc(OC)c(F)c2)s1.I. The Balaban J connectivity index is 0.00000338. The van der Waals surface area contributed by atoms with Gasteiger partial charge in [0, 0.05) is 44.7 Å². The van der Waals surface area contributed by atoms with E-state index >= 15 is 0 Å². The molecule has 1 aromatic carbocycles. The van der Waals surface area contributed by atoms with E-state index in [1.165, 1.54) is 18.1 Å². The Bertz CT molecular complexity index is 723. The van der Waals surface area contributed by atoms with Crippen molar-refractivity contribution in [1.82, 2.24) is 15.2 Å². The van der Waals surface area contributed by atoms with Crippen LogP contribution in [0.1, 0.15) is 22.4 Å². The molecule has 26 heavy (non-hydrogen) atoms. The van der Waals surface area contributed by atoms with Crippen LogP contribution in [0.5, 0.6) is 5.75 Å². The molecule has 0 aliphatic carbocycles. The Morgan fingerprint density at radius 1 is 1.42 bits per heavy atom. The highest BCUT2D eigenvalue weighted by atomic mass is 127. The Morgan fingerprint density at radius 3 is 2.77 bits per heavy atom. The predicted octanol–water partition coefficient (Wildman–Crippen LogP) is 3.72. The second-order valence-electron chi connectivity index (χ2n) is 5.62. The van der Waals surface area contributed by atoms with Crippen LogP contribution in [0.4, 0.5) is 4.39 Å². The molecule has 1 aromatic heterocycles. The third kappa shape index (κ3) is 6.39. The fraction of sp³-hybridized carbons (Fsp3) is 0.444. The van der Waals surface area contributed by atoms with Gasteiger partial charge >= 0.3 is 0 Å². The number of ether oxygens (including phenoxy) is 1. The second kappa shape index (κ2) is 11.3. The molecule has 0 fully saturated rings. The summed E-state index contributed by atoms with van der Waals surface area (Å²) in [4.78, 5) is 12.0. The molecule has 0 spiro atoms. The average Bonchev–Trinajstić information content (AvgIpc) is 3.07. The predicted molar refractivity (Wildman–Crippen MR) is 116 cm³/mol. The van der Waals surface area contributed by atoms with Gasteiger partial charge in [0.15, 0.2) is 17.5 Å². The summed E-state index contributed by atoms with van der Waals surface area (Å²) >= 11 is 1.75. The number of hydrogen-bond acceptors (Lipinski definition) is 4. The molecule has 0 bridgehead atoms. The minimum Gasteiger partial charge on any atom is -0.494 e. The molecule has 0 saturated heterocycles. The number of methoxy groups -OCH3 is 1. The normalized spacial score (nSPS) is 11.0. The maximum atomic E-state index is 13.8. The average molecular weight is 492 g/mol.